The summed E-state index contributed by atoms with van der Waals surface area (Å²) in [5.74, 6) is 0.488. The molecule has 1 N–H and O–H groups in total. The van der Waals surface area contributed by atoms with Gasteiger partial charge in [-0.25, -0.2) is 4.98 Å². The maximum atomic E-state index is 12.8. The van der Waals surface area contributed by atoms with Gasteiger partial charge in [-0.3, -0.25) is 9.59 Å². The first-order valence-electron chi connectivity index (χ1n) is 9.30. The van der Waals surface area contributed by atoms with Crippen molar-refractivity contribution in [1.82, 2.24) is 14.5 Å². The largest absolute Gasteiger partial charge is 0.496 e. The molecule has 7 nitrogen and oxygen atoms in total. The molecule has 0 aliphatic heterocycles. The van der Waals surface area contributed by atoms with Crippen LogP contribution in [0.4, 0.5) is 5.69 Å². The zero-order chi connectivity index (χ0) is 20.6. The fourth-order valence-corrected chi connectivity index (χ4v) is 2.98. The predicted molar refractivity (Wildman–Crippen MR) is 111 cm³/mol. The molecule has 1 heterocycles. The lowest BCUT2D eigenvalue weighted by Gasteiger charge is -2.19. The number of rotatable bonds is 8. The van der Waals surface area contributed by atoms with Crippen molar-refractivity contribution in [2.24, 2.45) is 0 Å². The highest BCUT2D eigenvalue weighted by atomic mass is 16.5. The number of carbonyl (C=O) groups excluding carboxylic acids is 2. The van der Waals surface area contributed by atoms with Crippen LogP contribution >= 0.6 is 0 Å². The maximum Gasteiger partial charge on any atom is 0.253 e. The molecule has 0 fully saturated rings. The molecular formula is C22H24N4O3. The number of ether oxygens (including phenoxy) is 1. The standard InChI is InChI=1S/C22H24N4O3/c1-25(15-18-6-3-4-9-20(18)29-2)22(28)17-7-5-8-19(14-17)24-21(27)10-12-26-13-11-23-16-26/h3-9,11,13-14,16H,10,12,15H2,1-2H3,(H,24,27). The number of amides is 2. The van der Waals surface area contributed by atoms with Crippen LogP contribution in [-0.2, 0) is 17.9 Å². The van der Waals surface area contributed by atoms with Crippen molar-refractivity contribution in [1.29, 1.82) is 0 Å². The van der Waals surface area contributed by atoms with Gasteiger partial charge in [-0.05, 0) is 24.3 Å². The molecule has 150 valence electrons. The number of imidazole rings is 1. The van der Waals surface area contributed by atoms with Gasteiger partial charge in [0, 0.05) is 55.8 Å². The summed E-state index contributed by atoms with van der Waals surface area (Å²) < 4.78 is 7.19. The Morgan fingerprint density at radius 2 is 2.00 bits per heavy atom. The number of carbonyl (C=O) groups is 2. The van der Waals surface area contributed by atoms with Crippen LogP contribution in [-0.4, -0.2) is 40.4 Å². The Morgan fingerprint density at radius 3 is 2.76 bits per heavy atom. The van der Waals surface area contributed by atoms with Crippen molar-refractivity contribution in [2.45, 2.75) is 19.5 Å². The Bertz CT molecular complexity index is 970. The molecule has 0 aliphatic carbocycles. The minimum Gasteiger partial charge on any atom is -0.496 e. The third kappa shape index (κ3) is 5.44. The second kappa shape index (κ2) is 9.54. The van der Waals surface area contributed by atoms with E-state index in [0.717, 1.165) is 11.3 Å². The van der Waals surface area contributed by atoms with E-state index in [4.69, 9.17) is 4.74 Å². The van der Waals surface area contributed by atoms with Crippen molar-refractivity contribution >= 4 is 17.5 Å². The van der Waals surface area contributed by atoms with Crippen LogP contribution in [0.5, 0.6) is 5.75 Å². The highest BCUT2D eigenvalue weighted by Gasteiger charge is 2.15. The second-order valence-electron chi connectivity index (χ2n) is 6.65. The van der Waals surface area contributed by atoms with Gasteiger partial charge in [0.05, 0.1) is 13.4 Å². The fourth-order valence-electron chi connectivity index (χ4n) is 2.98. The van der Waals surface area contributed by atoms with E-state index >= 15 is 0 Å². The molecule has 0 saturated carbocycles. The monoisotopic (exact) mass is 392 g/mol. The van der Waals surface area contributed by atoms with E-state index in [1.54, 1.807) is 55.8 Å². The van der Waals surface area contributed by atoms with Crippen LogP contribution in [0.2, 0.25) is 0 Å². The quantitative estimate of drug-likeness (QED) is 0.639. The highest BCUT2D eigenvalue weighted by Crippen LogP contribution is 2.20. The number of anilines is 1. The molecule has 2 amide bonds. The summed E-state index contributed by atoms with van der Waals surface area (Å²) in [5.41, 5.74) is 2.03. The lowest BCUT2D eigenvalue weighted by molar-refractivity contribution is -0.116. The molecule has 0 radical (unpaired) electrons. The molecule has 0 bridgehead atoms. The van der Waals surface area contributed by atoms with Crippen molar-refractivity contribution in [3.8, 4) is 5.75 Å². The van der Waals surface area contributed by atoms with E-state index in [2.05, 4.69) is 10.3 Å². The average molecular weight is 392 g/mol. The van der Waals surface area contributed by atoms with Gasteiger partial charge in [-0.15, -0.1) is 0 Å². The molecule has 0 unspecified atom stereocenters. The number of hydrogen-bond donors (Lipinski definition) is 1. The van der Waals surface area contributed by atoms with E-state index < -0.39 is 0 Å². The first kappa shape index (κ1) is 20.1. The van der Waals surface area contributed by atoms with Gasteiger partial charge in [-0.2, -0.15) is 0 Å². The maximum absolute atomic E-state index is 12.8. The van der Waals surface area contributed by atoms with E-state index in [-0.39, 0.29) is 11.8 Å². The third-order valence-corrected chi connectivity index (χ3v) is 4.50. The van der Waals surface area contributed by atoms with E-state index in [1.807, 2.05) is 35.0 Å². The number of para-hydroxylation sites is 1. The summed E-state index contributed by atoms with van der Waals surface area (Å²) in [5, 5.41) is 2.84. The molecule has 2 aromatic carbocycles. The molecule has 0 atom stereocenters. The van der Waals surface area contributed by atoms with Crippen molar-refractivity contribution in [3.05, 3.63) is 78.4 Å². The van der Waals surface area contributed by atoms with Gasteiger partial charge in [0.15, 0.2) is 0 Å². The summed E-state index contributed by atoms with van der Waals surface area (Å²) in [6.45, 7) is 0.969. The summed E-state index contributed by atoms with van der Waals surface area (Å²) in [6, 6.07) is 14.6. The second-order valence-corrected chi connectivity index (χ2v) is 6.65. The van der Waals surface area contributed by atoms with Crippen molar-refractivity contribution in [2.75, 3.05) is 19.5 Å². The molecule has 3 aromatic rings. The Balaban J connectivity index is 1.61. The van der Waals surface area contributed by atoms with E-state index in [9.17, 15) is 9.59 Å². The van der Waals surface area contributed by atoms with Crippen LogP contribution in [0.15, 0.2) is 67.3 Å². The summed E-state index contributed by atoms with van der Waals surface area (Å²) in [4.78, 5) is 30.6. The number of benzene rings is 2. The number of aryl methyl sites for hydroxylation is 1. The minimum absolute atomic E-state index is 0.120. The van der Waals surface area contributed by atoms with Crippen molar-refractivity contribution in [3.63, 3.8) is 0 Å². The SMILES string of the molecule is COc1ccccc1CN(C)C(=O)c1cccc(NC(=O)CCn2ccnc2)c1. The number of nitrogens with one attached hydrogen (secondary N) is 1. The van der Waals surface area contributed by atoms with Gasteiger partial charge < -0.3 is 19.5 Å². The van der Waals surface area contributed by atoms with Gasteiger partial charge >= 0.3 is 0 Å². The zero-order valence-electron chi connectivity index (χ0n) is 16.5. The highest BCUT2D eigenvalue weighted by molar-refractivity contribution is 5.97. The summed E-state index contributed by atoms with van der Waals surface area (Å²) in [6.07, 6.45) is 5.48. The Hall–Kier alpha value is -3.61. The molecule has 7 heteroatoms. The molecule has 1 aromatic heterocycles. The first-order valence-corrected chi connectivity index (χ1v) is 9.30. The average Bonchev–Trinajstić information content (AvgIpc) is 3.26. The normalized spacial score (nSPS) is 10.4. The zero-order valence-corrected chi connectivity index (χ0v) is 16.5. The Morgan fingerprint density at radius 1 is 1.17 bits per heavy atom. The van der Waals surface area contributed by atoms with Crippen LogP contribution < -0.4 is 10.1 Å². The van der Waals surface area contributed by atoms with Gasteiger partial charge in [0.1, 0.15) is 5.75 Å². The molecule has 0 spiro atoms. The molecule has 0 aliphatic rings. The van der Waals surface area contributed by atoms with E-state index in [0.29, 0.717) is 30.8 Å². The minimum atomic E-state index is -0.134. The molecule has 3 rings (SSSR count). The number of nitrogens with zero attached hydrogens (tertiary/aromatic N) is 3. The van der Waals surface area contributed by atoms with Gasteiger partial charge in [-0.1, -0.05) is 24.3 Å². The van der Waals surface area contributed by atoms with Crippen LogP contribution in [0, 0.1) is 0 Å². The number of methoxy groups -OCH3 is 1. The predicted octanol–water partition coefficient (Wildman–Crippen LogP) is 3.19. The number of hydrogen-bond acceptors (Lipinski definition) is 4. The lowest BCUT2D eigenvalue weighted by atomic mass is 10.1. The lowest BCUT2D eigenvalue weighted by Crippen LogP contribution is -2.26. The molecular weight excluding hydrogens is 368 g/mol. The van der Waals surface area contributed by atoms with Crippen LogP contribution in [0.1, 0.15) is 22.3 Å². The third-order valence-electron chi connectivity index (χ3n) is 4.50. The Kier molecular flexibility index (Phi) is 6.63. The fraction of sp³-hybridized carbons (Fsp3) is 0.227. The summed E-state index contributed by atoms with van der Waals surface area (Å²) in [7, 11) is 3.35. The summed E-state index contributed by atoms with van der Waals surface area (Å²) >= 11 is 0. The molecule has 0 saturated heterocycles. The number of aromatic nitrogens is 2. The first-order chi connectivity index (χ1) is 14.1. The van der Waals surface area contributed by atoms with Crippen LogP contribution in [0.3, 0.4) is 0 Å². The molecule has 29 heavy (non-hydrogen) atoms. The van der Waals surface area contributed by atoms with Crippen LogP contribution in [0.25, 0.3) is 0 Å². The van der Waals surface area contributed by atoms with E-state index in [1.165, 1.54) is 0 Å². The van der Waals surface area contributed by atoms with Gasteiger partial charge in [0.25, 0.3) is 5.91 Å². The Labute approximate surface area is 169 Å². The topological polar surface area (TPSA) is 76.5 Å². The van der Waals surface area contributed by atoms with Crippen molar-refractivity contribution < 1.29 is 14.3 Å². The smallest absolute Gasteiger partial charge is 0.253 e. The van der Waals surface area contributed by atoms with Gasteiger partial charge in [0.2, 0.25) is 5.91 Å².